The number of allylic oxidation sites excluding steroid dienone is 1. The molecule has 0 bridgehead atoms. The molecule has 4 aliphatic rings. The number of ketones is 2. The summed E-state index contributed by atoms with van der Waals surface area (Å²) < 4.78 is 11.3. The van der Waals surface area contributed by atoms with Gasteiger partial charge in [-0.2, -0.15) is 0 Å². The first-order valence-corrected chi connectivity index (χ1v) is 13.3. The van der Waals surface area contributed by atoms with Crippen LogP contribution in [-0.4, -0.2) is 46.9 Å². The smallest absolute Gasteiger partial charge is 0.306 e. The van der Waals surface area contributed by atoms with Crippen molar-refractivity contribution < 1.29 is 33.8 Å². The summed E-state index contributed by atoms with van der Waals surface area (Å²) in [5.74, 6) is -0.852. The van der Waals surface area contributed by atoms with E-state index in [1.54, 1.807) is 13.0 Å². The SMILES string of the molecule is CCCC(=O)O[C@]1(C(=O)COC(=O)CC)CC[C@@H]2[C@@H]3CCC4=CC(=O)CC[C@]4(C)[C@@H]3[C@H](O)C[C@]21C. The van der Waals surface area contributed by atoms with E-state index < -0.39 is 35.7 Å². The zero-order valence-electron chi connectivity index (χ0n) is 21.6. The van der Waals surface area contributed by atoms with Gasteiger partial charge >= 0.3 is 11.9 Å². The molecule has 7 heteroatoms. The second kappa shape index (κ2) is 9.45. The van der Waals surface area contributed by atoms with Gasteiger partial charge in [0.05, 0.1) is 6.10 Å². The van der Waals surface area contributed by atoms with E-state index in [1.165, 1.54) is 0 Å². The molecule has 0 unspecified atom stereocenters. The zero-order chi connectivity index (χ0) is 25.6. The summed E-state index contributed by atoms with van der Waals surface area (Å²) in [4.78, 5) is 50.4. The molecule has 4 aliphatic carbocycles. The van der Waals surface area contributed by atoms with Crippen LogP contribution in [0.1, 0.15) is 91.9 Å². The molecule has 7 nitrogen and oxygen atoms in total. The van der Waals surface area contributed by atoms with Crippen LogP contribution in [-0.2, 0) is 28.7 Å². The van der Waals surface area contributed by atoms with Crippen molar-refractivity contribution >= 4 is 23.5 Å². The molecule has 3 saturated carbocycles. The van der Waals surface area contributed by atoms with Gasteiger partial charge in [0.25, 0.3) is 0 Å². The molecule has 0 radical (unpaired) electrons. The standard InChI is InChI=1S/C28H40O7/c1-5-7-24(33)35-28(22(31)16-34-23(32)6-2)13-11-20-19-9-8-17-14-18(29)10-12-26(17,3)25(19)21(30)15-27(20,28)4/h14,19-21,25,30H,5-13,15-16H2,1-4H3/t19-,20+,21+,25-,26-,27+,28-/m0/s1. The van der Waals surface area contributed by atoms with Gasteiger partial charge in [-0.05, 0) is 74.2 Å². The Balaban J connectivity index is 1.70. The average molecular weight is 489 g/mol. The number of fused-ring (bicyclic) bond motifs is 5. The van der Waals surface area contributed by atoms with E-state index in [2.05, 4.69) is 6.92 Å². The van der Waals surface area contributed by atoms with Crippen LogP contribution < -0.4 is 0 Å². The molecule has 0 aromatic rings. The molecule has 194 valence electrons. The van der Waals surface area contributed by atoms with Crippen LogP contribution in [0, 0.1) is 28.6 Å². The largest absolute Gasteiger partial charge is 0.457 e. The second-order valence-electron chi connectivity index (χ2n) is 11.6. The summed E-state index contributed by atoms with van der Waals surface area (Å²) in [5, 5.41) is 11.6. The highest BCUT2D eigenvalue weighted by molar-refractivity contribution is 5.93. The number of carbonyl (C=O) groups excluding carboxylic acids is 4. The molecule has 0 amide bonds. The molecule has 0 saturated heterocycles. The van der Waals surface area contributed by atoms with E-state index in [-0.39, 0.29) is 47.6 Å². The van der Waals surface area contributed by atoms with Gasteiger partial charge in [0.2, 0.25) is 5.78 Å². The van der Waals surface area contributed by atoms with Crippen molar-refractivity contribution in [2.45, 2.75) is 104 Å². The van der Waals surface area contributed by atoms with Crippen LogP contribution >= 0.6 is 0 Å². The quantitative estimate of drug-likeness (QED) is 0.538. The van der Waals surface area contributed by atoms with E-state index in [1.807, 2.05) is 13.8 Å². The van der Waals surface area contributed by atoms with Gasteiger partial charge in [-0.15, -0.1) is 0 Å². The van der Waals surface area contributed by atoms with Crippen LogP contribution in [0.2, 0.25) is 0 Å². The zero-order valence-corrected chi connectivity index (χ0v) is 21.6. The highest BCUT2D eigenvalue weighted by atomic mass is 16.6. The number of hydrogen-bond donors (Lipinski definition) is 1. The predicted octanol–water partition coefficient (Wildman–Crippen LogP) is 4.09. The highest BCUT2D eigenvalue weighted by Gasteiger charge is 2.70. The first-order chi connectivity index (χ1) is 16.5. The number of rotatable bonds is 7. The van der Waals surface area contributed by atoms with Crippen LogP contribution in [0.3, 0.4) is 0 Å². The Bertz CT molecular complexity index is 938. The van der Waals surface area contributed by atoms with Crippen LogP contribution in [0.4, 0.5) is 0 Å². The highest BCUT2D eigenvalue weighted by Crippen LogP contribution is 2.68. The lowest BCUT2D eigenvalue weighted by atomic mass is 9.45. The van der Waals surface area contributed by atoms with Crippen LogP contribution in [0.5, 0.6) is 0 Å². The minimum atomic E-state index is -1.41. The van der Waals surface area contributed by atoms with Crippen molar-refractivity contribution in [1.82, 2.24) is 0 Å². The summed E-state index contributed by atoms with van der Waals surface area (Å²) in [6.07, 6.45) is 6.41. The fourth-order valence-corrected chi connectivity index (χ4v) is 8.17. The van der Waals surface area contributed by atoms with Crippen molar-refractivity contribution in [2.24, 2.45) is 28.6 Å². The minimum Gasteiger partial charge on any atom is -0.457 e. The number of ether oxygens (including phenoxy) is 2. The summed E-state index contributed by atoms with van der Waals surface area (Å²) >= 11 is 0. The molecular formula is C28H40O7. The predicted molar refractivity (Wildman–Crippen MR) is 128 cm³/mol. The number of Topliss-reactive ketones (excluding diaryl/α,β-unsaturated/α-hetero) is 1. The van der Waals surface area contributed by atoms with E-state index in [0.29, 0.717) is 32.1 Å². The summed E-state index contributed by atoms with van der Waals surface area (Å²) in [5.41, 5.74) is -1.25. The number of aliphatic hydroxyl groups excluding tert-OH is 1. The van der Waals surface area contributed by atoms with E-state index in [4.69, 9.17) is 9.47 Å². The molecule has 0 aromatic carbocycles. The lowest BCUT2D eigenvalue weighted by molar-refractivity contribution is -0.203. The third-order valence-electron chi connectivity index (χ3n) is 9.86. The normalized spacial score (nSPS) is 40.1. The molecule has 4 rings (SSSR count). The van der Waals surface area contributed by atoms with Crippen molar-refractivity contribution in [3.05, 3.63) is 11.6 Å². The first-order valence-electron chi connectivity index (χ1n) is 13.3. The maximum atomic E-state index is 13.7. The van der Waals surface area contributed by atoms with Gasteiger partial charge in [0.15, 0.2) is 18.0 Å². The Morgan fingerprint density at radius 2 is 1.83 bits per heavy atom. The fourth-order valence-electron chi connectivity index (χ4n) is 8.17. The molecule has 0 aromatic heterocycles. The summed E-state index contributed by atoms with van der Waals surface area (Å²) in [7, 11) is 0. The Hall–Kier alpha value is -2.02. The number of aliphatic hydroxyl groups is 1. The van der Waals surface area contributed by atoms with Crippen LogP contribution in [0.15, 0.2) is 11.6 Å². The van der Waals surface area contributed by atoms with E-state index in [9.17, 15) is 24.3 Å². The Morgan fingerprint density at radius 3 is 2.51 bits per heavy atom. The molecular weight excluding hydrogens is 448 g/mol. The fraction of sp³-hybridized carbons (Fsp3) is 0.786. The van der Waals surface area contributed by atoms with Crippen molar-refractivity contribution in [3.63, 3.8) is 0 Å². The van der Waals surface area contributed by atoms with Crippen LogP contribution in [0.25, 0.3) is 0 Å². The third kappa shape index (κ3) is 4.08. The molecule has 7 atom stereocenters. The van der Waals surface area contributed by atoms with E-state index >= 15 is 0 Å². The van der Waals surface area contributed by atoms with Gasteiger partial charge in [-0.25, -0.2) is 0 Å². The Kier molecular flexibility index (Phi) is 7.04. The van der Waals surface area contributed by atoms with Gasteiger partial charge in [-0.3, -0.25) is 19.2 Å². The molecule has 35 heavy (non-hydrogen) atoms. The second-order valence-corrected chi connectivity index (χ2v) is 11.6. The minimum absolute atomic E-state index is 0.00356. The molecule has 0 aliphatic heterocycles. The Morgan fingerprint density at radius 1 is 1.09 bits per heavy atom. The van der Waals surface area contributed by atoms with Gasteiger partial charge in [0.1, 0.15) is 0 Å². The van der Waals surface area contributed by atoms with E-state index in [0.717, 1.165) is 24.8 Å². The molecule has 1 N–H and O–H groups in total. The van der Waals surface area contributed by atoms with Gasteiger partial charge < -0.3 is 14.6 Å². The lowest BCUT2D eigenvalue weighted by Crippen LogP contribution is -2.63. The molecule has 3 fully saturated rings. The average Bonchev–Trinajstić information content (AvgIpc) is 3.09. The first kappa shape index (κ1) is 26.1. The maximum Gasteiger partial charge on any atom is 0.306 e. The Labute approximate surface area is 208 Å². The molecule has 0 spiro atoms. The molecule has 0 heterocycles. The van der Waals surface area contributed by atoms with Crippen molar-refractivity contribution in [2.75, 3.05) is 6.61 Å². The maximum absolute atomic E-state index is 13.7. The monoisotopic (exact) mass is 488 g/mol. The number of carbonyl (C=O) groups is 4. The van der Waals surface area contributed by atoms with Gasteiger partial charge in [-0.1, -0.05) is 33.3 Å². The summed E-state index contributed by atoms with van der Waals surface area (Å²) in [6.45, 7) is 7.30. The third-order valence-corrected chi connectivity index (χ3v) is 9.86. The number of esters is 2. The van der Waals surface area contributed by atoms with Crippen molar-refractivity contribution in [3.8, 4) is 0 Å². The topological polar surface area (TPSA) is 107 Å². The van der Waals surface area contributed by atoms with Gasteiger partial charge in [0, 0.05) is 24.7 Å². The number of hydrogen-bond acceptors (Lipinski definition) is 7. The van der Waals surface area contributed by atoms with Crippen molar-refractivity contribution in [1.29, 1.82) is 0 Å². The lowest BCUT2D eigenvalue weighted by Gasteiger charge is -2.60. The summed E-state index contributed by atoms with van der Waals surface area (Å²) in [6, 6.07) is 0.